The molecule has 2 amide bonds. The molecule has 3 heterocycles. The molecule has 2 fully saturated rings. The van der Waals surface area contributed by atoms with Crippen molar-refractivity contribution in [2.45, 2.75) is 50.8 Å². The monoisotopic (exact) mass is 521 g/mol. The van der Waals surface area contributed by atoms with Gasteiger partial charge in [-0.2, -0.15) is 0 Å². The number of benzene rings is 1. The first kappa shape index (κ1) is 26.1. The van der Waals surface area contributed by atoms with E-state index in [2.05, 4.69) is 48.9 Å². The molecule has 11 heteroatoms. The molecular formula is C27H35N7O4. The number of amides is 2. The van der Waals surface area contributed by atoms with Crippen molar-refractivity contribution < 1.29 is 19.9 Å². The van der Waals surface area contributed by atoms with Gasteiger partial charge in [0.15, 0.2) is 0 Å². The van der Waals surface area contributed by atoms with Gasteiger partial charge in [-0.15, -0.1) is 0 Å². The summed E-state index contributed by atoms with van der Waals surface area (Å²) >= 11 is 0. The molecule has 2 atom stereocenters. The number of hydrogen-bond acceptors (Lipinski definition) is 9. The average molecular weight is 522 g/mol. The molecule has 202 valence electrons. The summed E-state index contributed by atoms with van der Waals surface area (Å²) in [4.78, 5) is 37.7. The van der Waals surface area contributed by atoms with Gasteiger partial charge in [0.05, 0.1) is 6.10 Å². The number of hydrogen-bond donors (Lipinski definition) is 4. The summed E-state index contributed by atoms with van der Waals surface area (Å²) in [7, 11) is 0. The first-order valence-corrected chi connectivity index (χ1v) is 13.4. The van der Waals surface area contributed by atoms with Gasteiger partial charge in [-0.05, 0) is 43.2 Å². The fourth-order valence-corrected chi connectivity index (χ4v) is 5.24. The summed E-state index contributed by atoms with van der Waals surface area (Å²) in [5, 5.41) is 29.1. The highest BCUT2D eigenvalue weighted by molar-refractivity contribution is 6.40. The van der Waals surface area contributed by atoms with Crippen LogP contribution in [0, 0.1) is 5.92 Å². The van der Waals surface area contributed by atoms with Crippen molar-refractivity contribution in [3.05, 3.63) is 53.5 Å². The molecule has 1 saturated carbocycles. The van der Waals surface area contributed by atoms with E-state index >= 15 is 0 Å². The fourth-order valence-electron chi connectivity index (χ4n) is 5.24. The van der Waals surface area contributed by atoms with E-state index in [-0.39, 0.29) is 41.7 Å². The van der Waals surface area contributed by atoms with Crippen LogP contribution in [0.4, 0.5) is 5.82 Å². The van der Waals surface area contributed by atoms with Crippen LogP contribution in [0.1, 0.15) is 47.3 Å². The molecule has 5 rings (SSSR count). The van der Waals surface area contributed by atoms with Crippen LogP contribution in [0.2, 0.25) is 0 Å². The number of aromatic nitrogens is 2. The van der Waals surface area contributed by atoms with E-state index in [4.69, 9.17) is 0 Å². The largest absolute Gasteiger partial charge is 0.410 e. The molecule has 1 aliphatic carbocycles. The lowest BCUT2D eigenvalue weighted by Crippen LogP contribution is -2.48. The van der Waals surface area contributed by atoms with Gasteiger partial charge in [0, 0.05) is 57.3 Å². The lowest BCUT2D eigenvalue weighted by atomic mass is 10.00. The minimum absolute atomic E-state index is 0.0471. The van der Waals surface area contributed by atoms with E-state index in [1.54, 1.807) is 11.0 Å². The van der Waals surface area contributed by atoms with Crippen LogP contribution in [0.25, 0.3) is 0 Å². The number of aliphatic hydroxyl groups is 1. The molecule has 2 aliphatic heterocycles. The third kappa shape index (κ3) is 6.46. The fraction of sp³-hybridized carbons (Fsp3) is 0.519. The number of carbonyl (C=O) groups excluding carboxylic acids is 2. The Morgan fingerprint density at radius 2 is 1.95 bits per heavy atom. The molecule has 1 saturated heterocycles. The topological polar surface area (TPSA) is 143 Å². The predicted molar refractivity (Wildman–Crippen MR) is 141 cm³/mol. The Balaban J connectivity index is 1.10. The summed E-state index contributed by atoms with van der Waals surface area (Å²) in [6.07, 6.45) is 5.01. The number of anilines is 1. The highest BCUT2D eigenvalue weighted by atomic mass is 16.4. The molecule has 11 nitrogen and oxygen atoms in total. The van der Waals surface area contributed by atoms with E-state index in [1.807, 2.05) is 6.07 Å². The summed E-state index contributed by atoms with van der Waals surface area (Å²) < 4.78 is 0. The molecule has 0 spiro atoms. The number of piperidine rings is 1. The number of rotatable bonds is 9. The second-order valence-electron chi connectivity index (χ2n) is 10.4. The van der Waals surface area contributed by atoms with Gasteiger partial charge in [0.1, 0.15) is 23.6 Å². The van der Waals surface area contributed by atoms with Crippen molar-refractivity contribution in [1.29, 1.82) is 0 Å². The van der Waals surface area contributed by atoms with Crippen LogP contribution in [0.5, 0.6) is 0 Å². The number of β-amino-alcohol motifs (C(OH)–C–C–N with tert-alkyl or cyclic N) is 1. The zero-order valence-electron chi connectivity index (χ0n) is 21.4. The number of nitrogens with one attached hydrogen (secondary N) is 2. The molecule has 3 aliphatic rings. The van der Waals surface area contributed by atoms with E-state index in [9.17, 15) is 19.9 Å². The van der Waals surface area contributed by atoms with Gasteiger partial charge in [-0.3, -0.25) is 14.5 Å². The minimum Gasteiger partial charge on any atom is -0.410 e. The first-order chi connectivity index (χ1) is 18.5. The molecular weight excluding hydrogens is 486 g/mol. The van der Waals surface area contributed by atoms with Gasteiger partial charge in [0.2, 0.25) is 0 Å². The maximum atomic E-state index is 12.8. The number of oxime groups is 1. The van der Waals surface area contributed by atoms with Crippen molar-refractivity contribution in [2.75, 3.05) is 38.0 Å². The molecule has 2 aromatic rings. The van der Waals surface area contributed by atoms with Crippen molar-refractivity contribution in [3.8, 4) is 0 Å². The number of fused-ring (bicyclic) bond motifs is 1. The van der Waals surface area contributed by atoms with Crippen LogP contribution >= 0.6 is 0 Å². The normalized spacial score (nSPS) is 20.9. The molecule has 0 radical (unpaired) electrons. The van der Waals surface area contributed by atoms with Crippen LogP contribution in [-0.2, 0) is 17.8 Å². The zero-order valence-corrected chi connectivity index (χ0v) is 21.4. The van der Waals surface area contributed by atoms with Crippen LogP contribution in [0.15, 0.2) is 41.8 Å². The number of aliphatic hydroxyl groups excluding tert-OH is 1. The molecule has 0 bridgehead atoms. The Bertz CT molecular complexity index is 1190. The van der Waals surface area contributed by atoms with Crippen molar-refractivity contribution in [3.63, 3.8) is 0 Å². The molecule has 1 unspecified atom stereocenters. The van der Waals surface area contributed by atoms with Gasteiger partial charge < -0.3 is 25.8 Å². The maximum Gasteiger partial charge on any atom is 0.272 e. The zero-order chi connectivity index (χ0) is 26.5. The molecule has 4 N–H and O–H groups in total. The van der Waals surface area contributed by atoms with Crippen LogP contribution in [-0.4, -0.2) is 92.5 Å². The highest BCUT2D eigenvalue weighted by Gasteiger charge is 2.36. The Kier molecular flexibility index (Phi) is 8.14. The second-order valence-corrected chi connectivity index (χ2v) is 10.4. The molecule has 1 aromatic carbocycles. The number of carbonyl (C=O) groups is 2. The van der Waals surface area contributed by atoms with Crippen LogP contribution < -0.4 is 10.6 Å². The second kappa shape index (κ2) is 11.9. The quantitative estimate of drug-likeness (QED) is 0.219. The Labute approximate surface area is 221 Å². The van der Waals surface area contributed by atoms with E-state index in [1.165, 1.54) is 17.5 Å². The molecule has 1 aromatic heterocycles. The summed E-state index contributed by atoms with van der Waals surface area (Å²) in [6, 6.07) is 9.88. The molecule has 38 heavy (non-hydrogen) atoms. The Hall–Kier alpha value is -3.57. The Morgan fingerprint density at radius 3 is 2.74 bits per heavy atom. The van der Waals surface area contributed by atoms with E-state index in [0.717, 1.165) is 45.2 Å². The Morgan fingerprint density at radius 1 is 1.13 bits per heavy atom. The standard InChI is InChI=1S/C27H35N7O4/c35-22(16-33-11-9-18-4-1-2-5-20(18)14-33)13-28-26(36)23-12-24(30-17-29-23)31-21-6-3-10-34(15-21)27(37)25(32-38)19-7-8-19/h1-2,4-5,12,17,19,21-22,35,38H,3,6-11,13-16H2,(H,28,36)(H,29,30,31)/t21?,22-/m0/s1. The average Bonchev–Trinajstić information content (AvgIpc) is 3.78. The smallest absolute Gasteiger partial charge is 0.272 e. The third-order valence-electron chi connectivity index (χ3n) is 7.43. The lowest BCUT2D eigenvalue weighted by Gasteiger charge is -2.33. The van der Waals surface area contributed by atoms with Gasteiger partial charge in [-0.1, -0.05) is 29.4 Å². The van der Waals surface area contributed by atoms with E-state index in [0.29, 0.717) is 25.5 Å². The first-order valence-electron chi connectivity index (χ1n) is 13.4. The van der Waals surface area contributed by atoms with Crippen molar-refractivity contribution >= 4 is 23.3 Å². The lowest BCUT2D eigenvalue weighted by molar-refractivity contribution is -0.125. The number of nitrogens with zero attached hydrogens (tertiary/aromatic N) is 5. The summed E-state index contributed by atoms with van der Waals surface area (Å²) in [6.45, 7) is 3.35. The predicted octanol–water partition coefficient (Wildman–Crippen LogP) is 1.27. The van der Waals surface area contributed by atoms with Gasteiger partial charge in [-0.25, -0.2) is 9.97 Å². The van der Waals surface area contributed by atoms with E-state index < -0.39 is 6.10 Å². The SMILES string of the molecule is O=C(NC[C@H](O)CN1CCc2ccccc2C1)c1cc(NC2CCCN(C(=O)C(=NO)C3CC3)C2)ncn1. The van der Waals surface area contributed by atoms with Crippen molar-refractivity contribution in [1.82, 2.24) is 25.1 Å². The number of likely N-dealkylation sites (tertiary alicyclic amines) is 1. The summed E-state index contributed by atoms with van der Waals surface area (Å²) in [5.41, 5.74) is 3.09. The van der Waals surface area contributed by atoms with Gasteiger partial charge in [0.25, 0.3) is 11.8 Å². The van der Waals surface area contributed by atoms with Crippen LogP contribution in [0.3, 0.4) is 0 Å². The maximum absolute atomic E-state index is 12.8. The highest BCUT2D eigenvalue weighted by Crippen LogP contribution is 2.31. The third-order valence-corrected chi connectivity index (χ3v) is 7.43. The van der Waals surface area contributed by atoms with Gasteiger partial charge >= 0.3 is 0 Å². The minimum atomic E-state index is -0.697. The summed E-state index contributed by atoms with van der Waals surface area (Å²) in [5.74, 6) is -0.0298. The van der Waals surface area contributed by atoms with Crippen molar-refractivity contribution in [2.24, 2.45) is 11.1 Å².